The van der Waals surface area contributed by atoms with Crippen molar-refractivity contribution in [2.75, 3.05) is 37.6 Å². The van der Waals surface area contributed by atoms with E-state index >= 15 is 0 Å². The van der Waals surface area contributed by atoms with Gasteiger partial charge in [0.25, 0.3) is 0 Å². The predicted octanol–water partition coefficient (Wildman–Crippen LogP) is 4.23. The van der Waals surface area contributed by atoms with Crippen LogP contribution in [-0.4, -0.2) is 60.7 Å². The summed E-state index contributed by atoms with van der Waals surface area (Å²) in [6.45, 7) is 10.0. The summed E-state index contributed by atoms with van der Waals surface area (Å²) in [6, 6.07) is 3.01. The van der Waals surface area contributed by atoms with Gasteiger partial charge >= 0.3 is 6.18 Å². The van der Waals surface area contributed by atoms with Gasteiger partial charge in [-0.15, -0.1) is 0 Å². The molecule has 0 radical (unpaired) electrons. The first-order valence-electron chi connectivity index (χ1n) is 14.6. The number of halogens is 3. The third kappa shape index (κ3) is 4.89. The molecule has 40 heavy (non-hydrogen) atoms. The number of carbonyl (C=O) groups excluding carboxylic acids is 1. The number of alkyl halides is 3. The number of nitrogens with zero attached hydrogens (tertiary/aromatic N) is 4. The average Bonchev–Trinajstić information content (AvgIpc) is 3.52. The van der Waals surface area contributed by atoms with E-state index in [2.05, 4.69) is 42.6 Å². The first-order valence-corrected chi connectivity index (χ1v) is 14.6. The van der Waals surface area contributed by atoms with Crippen LogP contribution < -0.4 is 15.8 Å². The maximum Gasteiger partial charge on any atom is 0.409 e. The lowest BCUT2D eigenvalue weighted by atomic mass is 9.64. The summed E-state index contributed by atoms with van der Waals surface area (Å²) in [7, 11) is 0. The molecule has 0 bridgehead atoms. The van der Waals surface area contributed by atoms with E-state index in [9.17, 15) is 23.2 Å². The third-order valence-electron chi connectivity index (χ3n) is 10.2. The Morgan fingerprint density at radius 3 is 2.70 bits per heavy atom. The Kier molecular flexibility index (Phi) is 6.69. The quantitative estimate of drug-likeness (QED) is 0.543. The highest BCUT2D eigenvalue weighted by atomic mass is 19.4. The summed E-state index contributed by atoms with van der Waals surface area (Å²) in [4.78, 5) is 21.2. The number of nitrogens with one attached hydrogen (secondary N) is 2. The fraction of sp³-hybridized carbons (Fsp3) is 0.700. The molecule has 6 rings (SSSR count). The van der Waals surface area contributed by atoms with Crippen molar-refractivity contribution < 1.29 is 18.0 Å². The molecule has 5 aliphatic rings. The molecule has 10 heteroatoms. The number of hydrogen-bond acceptors (Lipinski definition) is 6. The summed E-state index contributed by atoms with van der Waals surface area (Å²) in [6.07, 6.45) is 2.09. The molecule has 2 aliphatic carbocycles. The van der Waals surface area contributed by atoms with Crippen molar-refractivity contribution in [2.45, 2.75) is 77.4 Å². The van der Waals surface area contributed by atoms with Crippen molar-refractivity contribution >= 4 is 11.7 Å². The Hall–Kier alpha value is -2.64. The number of hydrazine groups is 1. The highest BCUT2D eigenvalue weighted by Crippen LogP contribution is 2.50. The second-order valence-corrected chi connectivity index (χ2v) is 13.7. The van der Waals surface area contributed by atoms with Crippen molar-refractivity contribution in [1.29, 1.82) is 5.26 Å². The third-order valence-corrected chi connectivity index (χ3v) is 10.2. The molecule has 1 aromatic rings. The van der Waals surface area contributed by atoms with Gasteiger partial charge in [0.1, 0.15) is 11.9 Å². The van der Waals surface area contributed by atoms with E-state index in [0.29, 0.717) is 49.2 Å². The zero-order chi connectivity index (χ0) is 28.4. The van der Waals surface area contributed by atoms with E-state index < -0.39 is 12.1 Å². The number of nitriles is 1. The van der Waals surface area contributed by atoms with Gasteiger partial charge in [0.05, 0.1) is 5.56 Å². The lowest BCUT2D eigenvalue weighted by Gasteiger charge is -2.47. The van der Waals surface area contributed by atoms with Gasteiger partial charge in [0.15, 0.2) is 0 Å². The average molecular weight is 557 g/mol. The van der Waals surface area contributed by atoms with Crippen LogP contribution in [0.3, 0.4) is 0 Å². The Morgan fingerprint density at radius 2 is 1.98 bits per heavy atom. The number of allylic oxidation sites excluding steroid dienone is 1. The minimum atomic E-state index is -4.50. The molecule has 4 fully saturated rings. The van der Waals surface area contributed by atoms with Crippen LogP contribution in [-0.2, 0) is 17.6 Å². The van der Waals surface area contributed by atoms with Crippen molar-refractivity contribution in [3.8, 4) is 6.07 Å². The van der Waals surface area contributed by atoms with Crippen LogP contribution >= 0.6 is 0 Å². The van der Waals surface area contributed by atoms with Gasteiger partial charge in [-0.1, -0.05) is 20.8 Å². The number of hydrogen-bond donors (Lipinski definition) is 2. The monoisotopic (exact) mass is 556 g/mol. The zero-order valence-electron chi connectivity index (χ0n) is 23.6. The molecule has 2 N–H and O–H groups in total. The number of anilines is 1. The summed E-state index contributed by atoms with van der Waals surface area (Å²) in [5.41, 5.74) is 11.2. The van der Waals surface area contributed by atoms with Gasteiger partial charge in [0.2, 0.25) is 5.91 Å². The smallest absolute Gasteiger partial charge is 0.355 e. The number of pyridine rings is 1. The van der Waals surface area contributed by atoms with E-state index in [4.69, 9.17) is 4.98 Å². The molecular formula is C30H39F3N6O. The second-order valence-electron chi connectivity index (χ2n) is 13.7. The Bertz CT molecular complexity index is 1260. The molecule has 3 saturated heterocycles. The maximum atomic E-state index is 12.5. The van der Waals surface area contributed by atoms with Crippen molar-refractivity contribution in [1.82, 2.24) is 20.7 Å². The van der Waals surface area contributed by atoms with Crippen LogP contribution in [0.2, 0.25) is 0 Å². The number of likely N-dealkylation sites (tertiary alicyclic amines) is 1. The van der Waals surface area contributed by atoms with E-state index in [1.54, 1.807) is 0 Å². The SMILES string of the molecule is CC1CCC2NNCC2C1c1c(C#N)c(N2CCC3(CN(C(=O)/C=C/C(F)(F)F)C3)C2)nc2c1CCC(C)(C)C2. The highest BCUT2D eigenvalue weighted by Gasteiger charge is 2.51. The fourth-order valence-electron chi connectivity index (χ4n) is 8.14. The summed E-state index contributed by atoms with van der Waals surface area (Å²) < 4.78 is 37.6. The normalized spacial score (nSPS) is 30.7. The Balaban J connectivity index is 1.32. The van der Waals surface area contributed by atoms with E-state index in [1.807, 2.05) is 0 Å². The molecule has 1 spiro atoms. The molecule has 7 nitrogen and oxygen atoms in total. The molecular weight excluding hydrogens is 517 g/mol. The zero-order valence-corrected chi connectivity index (χ0v) is 23.6. The van der Waals surface area contributed by atoms with E-state index in [-0.39, 0.29) is 22.8 Å². The van der Waals surface area contributed by atoms with Crippen LogP contribution in [0.4, 0.5) is 19.0 Å². The first-order chi connectivity index (χ1) is 18.9. The van der Waals surface area contributed by atoms with Gasteiger partial charge in [-0.3, -0.25) is 15.6 Å². The minimum absolute atomic E-state index is 0.00667. The van der Waals surface area contributed by atoms with Crippen LogP contribution in [0.25, 0.3) is 0 Å². The van der Waals surface area contributed by atoms with E-state index in [0.717, 1.165) is 63.1 Å². The standard InChI is InChI=1S/C30H39F3N6O/c1-18-4-5-22-21(14-35-37-22)25(18)26-19-6-8-28(2,3)12-23(19)36-27(20(26)13-34)38-11-10-29(15-38)16-39(17-29)24(40)7-9-30(31,32)33/h7,9,18,21-22,25,35,37H,4-6,8,10-12,14-17H2,1-3H3/b9-7+. The topological polar surface area (TPSA) is 84.3 Å². The molecule has 1 aromatic heterocycles. The molecule has 0 aromatic carbocycles. The van der Waals surface area contributed by atoms with E-state index in [1.165, 1.54) is 16.0 Å². The molecule has 1 saturated carbocycles. The lowest BCUT2D eigenvalue weighted by molar-refractivity contribution is -0.137. The summed E-state index contributed by atoms with van der Waals surface area (Å²) in [5, 5.41) is 10.7. The van der Waals surface area contributed by atoms with Gasteiger partial charge < -0.3 is 9.80 Å². The van der Waals surface area contributed by atoms with Gasteiger partial charge in [-0.05, 0) is 72.8 Å². The van der Waals surface area contributed by atoms with Crippen LogP contribution in [0.1, 0.15) is 74.8 Å². The molecule has 3 aliphatic heterocycles. The fourth-order valence-corrected chi connectivity index (χ4v) is 8.14. The summed E-state index contributed by atoms with van der Waals surface area (Å²) >= 11 is 0. The molecule has 216 valence electrons. The Morgan fingerprint density at radius 1 is 1.20 bits per heavy atom. The molecule has 1 amide bonds. The van der Waals surface area contributed by atoms with Crippen LogP contribution in [0, 0.1) is 34.0 Å². The predicted molar refractivity (Wildman–Crippen MR) is 145 cm³/mol. The minimum Gasteiger partial charge on any atom is -0.355 e. The molecule has 4 atom stereocenters. The molecule has 4 unspecified atom stereocenters. The van der Waals surface area contributed by atoms with Gasteiger partial charge in [-0.2, -0.15) is 18.4 Å². The van der Waals surface area contributed by atoms with Gasteiger partial charge in [0, 0.05) is 62.0 Å². The van der Waals surface area contributed by atoms with Crippen molar-refractivity contribution in [3.63, 3.8) is 0 Å². The Labute approximate surface area is 234 Å². The highest BCUT2D eigenvalue weighted by molar-refractivity contribution is 5.88. The second kappa shape index (κ2) is 9.73. The van der Waals surface area contributed by atoms with Crippen LogP contribution in [0.5, 0.6) is 0 Å². The number of aromatic nitrogens is 1. The number of amides is 1. The number of rotatable bonds is 3. The number of carbonyl (C=O) groups is 1. The van der Waals surface area contributed by atoms with Crippen LogP contribution in [0.15, 0.2) is 12.2 Å². The summed E-state index contributed by atoms with van der Waals surface area (Å²) in [5.74, 6) is 1.33. The van der Waals surface area contributed by atoms with Crippen molar-refractivity contribution in [3.05, 3.63) is 34.5 Å². The van der Waals surface area contributed by atoms with Gasteiger partial charge in [-0.25, -0.2) is 4.98 Å². The largest absolute Gasteiger partial charge is 0.409 e. The molecule has 4 heterocycles. The first kappa shape index (κ1) is 27.5. The lowest BCUT2D eigenvalue weighted by Crippen LogP contribution is -2.59. The number of fused-ring (bicyclic) bond motifs is 2. The van der Waals surface area contributed by atoms with Crippen molar-refractivity contribution in [2.24, 2.45) is 22.7 Å². The maximum absolute atomic E-state index is 12.5.